The van der Waals surface area contributed by atoms with E-state index in [1.807, 2.05) is 0 Å². The van der Waals surface area contributed by atoms with Crippen molar-refractivity contribution in [2.45, 2.75) is 43.8 Å². The van der Waals surface area contributed by atoms with E-state index in [4.69, 9.17) is 5.73 Å². The van der Waals surface area contributed by atoms with Crippen molar-refractivity contribution < 1.29 is 18.3 Å². The molecule has 106 valence electrons. The number of alkyl halides is 3. The minimum Gasteiger partial charge on any atom is -0.508 e. The van der Waals surface area contributed by atoms with Crippen LogP contribution in [-0.4, -0.2) is 5.11 Å². The van der Waals surface area contributed by atoms with Crippen LogP contribution < -0.4 is 5.73 Å². The average Bonchev–Trinajstić information content (AvgIpc) is 2.27. The highest BCUT2D eigenvalue weighted by Gasteiger charge is 2.37. The molecule has 0 atom stereocenters. The van der Waals surface area contributed by atoms with Crippen molar-refractivity contribution in [3.8, 4) is 5.75 Å². The molecule has 2 nitrogen and oxygen atoms in total. The van der Waals surface area contributed by atoms with Gasteiger partial charge in [0, 0.05) is 15.6 Å². The number of nitrogens with two attached hydrogens (primary N) is 1. The lowest BCUT2D eigenvalue weighted by Crippen LogP contribution is -2.39. The topological polar surface area (TPSA) is 46.2 Å². The number of phenolic OH excluding ortho intramolecular Hbond substituents is 1. The van der Waals surface area contributed by atoms with Gasteiger partial charge in [0.25, 0.3) is 0 Å². The van der Waals surface area contributed by atoms with Gasteiger partial charge in [-0.3, -0.25) is 0 Å². The largest absolute Gasteiger partial charge is 0.508 e. The van der Waals surface area contributed by atoms with Crippen molar-refractivity contribution in [3.63, 3.8) is 0 Å². The highest BCUT2D eigenvalue weighted by molar-refractivity contribution is 9.10. The van der Waals surface area contributed by atoms with Crippen LogP contribution in [0.1, 0.15) is 43.2 Å². The van der Waals surface area contributed by atoms with E-state index in [0.29, 0.717) is 18.4 Å². The Kier molecular flexibility index (Phi) is 3.84. The van der Waals surface area contributed by atoms with Gasteiger partial charge in [-0.05, 0) is 25.0 Å². The third kappa shape index (κ3) is 2.89. The van der Waals surface area contributed by atoms with E-state index in [0.717, 1.165) is 31.4 Å². The quantitative estimate of drug-likeness (QED) is 0.802. The maximum atomic E-state index is 12.7. The maximum absolute atomic E-state index is 12.7. The smallest absolute Gasteiger partial charge is 0.416 e. The molecule has 2 rings (SSSR count). The van der Waals surface area contributed by atoms with Crippen LogP contribution in [0.25, 0.3) is 0 Å². The Balaban J connectivity index is 2.47. The summed E-state index contributed by atoms with van der Waals surface area (Å²) < 4.78 is 38.2. The van der Waals surface area contributed by atoms with Gasteiger partial charge < -0.3 is 10.8 Å². The van der Waals surface area contributed by atoms with Gasteiger partial charge in [0.1, 0.15) is 5.75 Å². The summed E-state index contributed by atoms with van der Waals surface area (Å²) in [5.41, 5.74) is 5.04. The van der Waals surface area contributed by atoms with Gasteiger partial charge in [-0.2, -0.15) is 13.2 Å². The zero-order chi connectivity index (χ0) is 14.3. The number of hydrogen-bond acceptors (Lipinski definition) is 2. The van der Waals surface area contributed by atoms with Crippen LogP contribution in [0.15, 0.2) is 16.6 Å². The van der Waals surface area contributed by atoms with Crippen LogP contribution in [0.4, 0.5) is 13.2 Å². The van der Waals surface area contributed by atoms with Crippen LogP contribution in [0, 0.1) is 0 Å². The minimum absolute atomic E-state index is 0.226. The van der Waals surface area contributed by atoms with Gasteiger partial charge >= 0.3 is 6.18 Å². The summed E-state index contributed by atoms with van der Waals surface area (Å²) in [7, 11) is 0. The van der Waals surface area contributed by atoms with Crippen molar-refractivity contribution in [3.05, 3.63) is 27.7 Å². The number of hydrogen-bond donors (Lipinski definition) is 2. The Bertz CT molecular complexity index is 458. The van der Waals surface area contributed by atoms with Crippen molar-refractivity contribution in [1.29, 1.82) is 0 Å². The molecular weight excluding hydrogens is 323 g/mol. The first kappa shape index (κ1) is 14.7. The standard InChI is InChI=1S/C13H15BrF3NO/c14-9-6-8(13(15,16)17)7-10(19)11(9)12(18)4-2-1-3-5-12/h6-7,19H,1-5,18H2. The third-order valence-corrected chi connectivity index (χ3v) is 4.27. The van der Waals surface area contributed by atoms with E-state index in [-0.39, 0.29) is 10.2 Å². The van der Waals surface area contributed by atoms with Crippen LogP contribution in [-0.2, 0) is 11.7 Å². The van der Waals surface area contributed by atoms with Crippen molar-refractivity contribution in [2.75, 3.05) is 0 Å². The first-order valence-corrected chi connectivity index (χ1v) is 6.92. The summed E-state index contributed by atoms with van der Waals surface area (Å²) in [6, 6.07) is 1.74. The summed E-state index contributed by atoms with van der Waals surface area (Å²) in [6.07, 6.45) is -0.229. The Hall–Kier alpha value is -0.750. The van der Waals surface area contributed by atoms with Crippen LogP contribution in [0.5, 0.6) is 5.75 Å². The molecule has 19 heavy (non-hydrogen) atoms. The molecule has 6 heteroatoms. The molecule has 0 saturated heterocycles. The van der Waals surface area contributed by atoms with Gasteiger partial charge in [0.05, 0.1) is 5.56 Å². The SMILES string of the molecule is NC1(c2c(O)cc(C(F)(F)F)cc2Br)CCCCC1. The Morgan fingerprint density at radius 3 is 2.21 bits per heavy atom. The molecule has 0 unspecified atom stereocenters. The van der Waals surface area contributed by atoms with Gasteiger partial charge in [-0.25, -0.2) is 0 Å². The minimum atomic E-state index is -4.48. The van der Waals surface area contributed by atoms with E-state index in [1.165, 1.54) is 0 Å². The average molecular weight is 338 g/mol. The zero-order valence-electron chi connectivity index (χ0n) is 10.2. The molecule has 0 amide bonds. The molecule has 1 aliphatic rings. The van der Waals surface area contributed by atoms with E-state index in [2.05, 4.69) is 15.9 Å². The Morgan fingerprint density at radius 1 is 1.16 bits per heavy atom. The van der Waals surface area contributed by atoms with Crippen LogP contribution >= 0.6 is 15.9 Å². The van der Waals surface area contributed by atoms with Gasteiger partial charge in [0.15, 0.2) is 0 Å². The summed E-state index contributed by atoms with van der Waals surface area (Å²) in [4.78, 5) is 0. The summed E-state index contributed by atoms with van der Waals surface area (Å²) in [6.45, 7) is 0. The normalized spacial score (nSPS) is 19.4. The van der Waals surface area contributed by atoms with Crippen molar-refractivity contribution >= 4 is 15.9 Å². The lowest BCUT2D eigenvalue weighted by Gasteiger charge is -2.35. The van der Waals surface area contributed by atoms with E-state index in [9.17, 15) is 18.3 Å². The Labute approximate surface area is 117 Å². The predicted octanol–water partition coefficient (Wildman–Crippen LogP) is 4.29. The molecule has 0 bridgehead atoms. The molecule has 0 aromatic heterocycles. The highest BCUT2D eigenvalue weighted by Crippen LogP contribution is 2.45. The van der Waals surface area contributed by atoms with Gasteiger partial charge in [-0.15, -0.1) is 0 Å². The summed E-state index contributed by atoms with van der Waals surface area (Å²) in [5.74, 6) is -0.383. The van der Waals surface area contributed by atoms with E-state index >= 15 is 0 Å². The summed E-state index contributed by atoms with van der Waals surface area (Å²) in [5, 5.41) is 9.94. The number of rotatable bonds is 1. The third-order valence-electron chi connectivity index (χ3n) is 3.64. The monoisotopic (exact) mass is 337 g/mol. The fourth-order valence-corrected chi connectivity index (χ4v) is 3.53. The second-order valence-electron chi connectivity index (χ2n) is 5.07. The molecule has 3 N–H and O–H groups in total. The second-order valence-corrected chi connectivity index (χ2v) is 5.92. The fourth-order valence-electron chi connectivity index (χ4n) is 2.68. The van der Waals surface area contributed by atoms with Crippen LogP contribution in [0.3, 0.4) is 0 Å². The molecule has 0 heterocycles. The molecule has 0 aliphatic heterocycles. The molecule has 1 fully saturated rings. The molecule has 1 aliphatic carbocycles. The number of aromatic hydroxyl groups is 1. The molecule has 0 spiro atoms. The van der Waals surface area contributed by atoms with Gasteiger partial charge in [-0.1, -0.05) is 35.2 Å². The lowest BCUT2D eigenvalue weighted by molar-refractivity contribution is -0.137. The molecule has 0 radical (unpaired) electrons. The second kappa shape index (κ2) is 4.98. The summed E-state index contributed by atoms with van der Waals surface area (Å²) >= 11 is 3.12. The number of phenols is 1. The first-order valence-electron chi connectivity index (χ1n) is 6.13. The molecule has 1 aromatic rings. The van der Waals surface area contributed by atoms with Gasteiger partial charge in [0.2, 0.25) is 0 Å². The maximum Gasteiger partial charge on any atom is 0.416 e. The fraction of sp³-hybridized carbons (Fsp3) is 0.538. The van der Waals surface area contributed by atoms with E-state index < -0.39 is 17.3 Å². The van der Waals surface area contributed by atoms with Crippen LogP contribution in [0.2, 0.25) is 0 Å². The molecular formula is C13H15BrF3NO. The van der Waals surface area contributed by atoms with Crippen molar-refractivity contribution in [1.82, 2.24) is 0 Å². The molecule has 1 aromatic carbocycles. The predicted molar refractivity (Wildman–Crippen MR) is 69.8 cm³/mol. The molecule has 1 saturated carbocycles. The van der Waals surface area contributed by atoms with Crippen molar-refractivity contribution in [2.24, 2.45) is 5.73 Å². The number of halogens is 4. The lowest BCUT2D eigenvalue weighted by atomic mass is 9.77. The highest BCUT2D eigenvalue weighted by atomic mass is 79.9. The first-order chi connectivity index (χ1) is 8.74. The number of benzene rings is 1. The zero-order valence-corrected chi connectivity index (χ0v) is 11.8. The Morgan fingerprint density at radius 2 is 1.74 bits per heavy atom. The van der Waals surface area contributed by atoms with E-state index in [1.54, 1.807) is 0 Å².